The fourth-order valence-electron chi connectivity index (χ4n) is 3.28. The number of amides is 1. The molecule has 0 aliphatic heterocycles. The molecule has 0 heterocycles. The lowest BCUT2D eigenvalue weighted by molar-refractivity contribution is -0.137. The van der Waals surface area contributed by atoms with Gasteiger partial charge in [0.25, 0.3) is 0 Å². The molecule has 2 N–H and O–H groups in total. The number of hydrogen-bond acceptors (Lipinski definition) is 5. The molecule has 1 amide bonds. The van der Waals surface area contributed by atoms with Gasteiger partial charge in [-0.05, 0) is 42.3 Å². The van der Waals surface area contributed by atoms with Crippen LogP contribution in [0.1, 0.15) is 11.1 Å². The van der Waals surface area contributed by atoms with Gasteiger partial charge < -0.3 is 14.8 Å². The highest BCUT2D eigenvalue weighted by atomic mass is 32.2. The van der Waals surface area contributed by atoms with E-state index in [0.29, 0.717) is 11.3 Å². The Morgan fingerprint density at radius 2 is 1.60 bits per heavy atom. The predicted octanol–water partition coefficient (Wildman–Crippen LogP) is 4.25. The predicted molar refractivity (Wildman–Crippen MR) is 124 cm³/mol. The molecule has 0 saturated heterocycles. The van der Waals surface area contributed by atoms with E-state index in [-0.39, 0.29) is 22.8 Å². The number of carbonyl (C=O) groups is 1. The van der Waals surface area contributed by atoms with E-state index in [1.165, 1.54) is 38.5 Å². The van der Waals surface area contributed by atoms with E-state index >= 15 is 0 Å². The van der Waals surface area contributed by atoms with Crippen LogP contribution < -0.4 is 19.5 Å². The fraction of sp³-hybridized carbons (Fsp3) is 0.208. The Kier molecular flexibility index (Phi) is 8.03. The zero-order chi connectivity index (χ0) is 25.6. The summed E-state index contributed by atoms with van der Waals surface area (Å²) in [5.41, 5.74) is -0.416. The van der Waals surface area contributed by atoms with Crippen molar-refractivity contribution in [3.05, 3.63) is 83.9 Å². The quantitative estimate of drug-likeness (QED) is 0.451. The van der Waals surface area contributed by atoms with E-state index in [9.17, 15) is 26.4 Å². The zero-order valence-electron chi connectivity index (χ0n) is 18.8. The standard InChI is InChI=1S/C24H23F3N2O5S/c1-33-21-12-11-19(15-22(21)34-2)35(31,32)29-20(13-16-7-4-3-5-8-16)23(30)28-18-10-6-9-17(14-18)24(25,26)27/h3-12,14-15,20,29H,13H2,1-2H3,(H,28,30)/t20-/m0/s1. The average Bonchev–Trinajstić information content (AvgIpc) is 2.83. The molecule has 35 heavy (non-hydrogen) atoms. The first-order valence-corrected chi connectivity index (χ1v) is 11.8. The molecule has 0 aliphatic carbocycles. The summed E-state index contributed by atoms with van der Waals surface area (Å²) in [6.07, 6.45) is -4.64. The number of sulfonamides is 1. The van der Waals surface area contributed by atoms with Gasteiger partial charge in [-0.3, -0.25) is 4.79 Å². The molecule has 0 fully saturated rings. The number of benzene rings is 3. The van der Waals surface area contributed by atoms with Crippen molar-refractivity contribution in [3.63, 3.8) is 0 Å². The van der Waals surface area contributed by atoms with E-state index in [2.05, 4.69) is 10.0 Å². The van der Waals surface area contributed by atoms with Crippen LogP contribution in [-0.2, 0) is 27.4 Å². The average molecular weight is 509 g/mol. The highest BCUT2D eigenvalue weighted by molar-refractivity contribution is 7.89. The lowest BCUT2D eigenvalue weighted by Gasteiger charge is -2.20. The van der Waals surface area contributed by atoms with Gasteiger partial charge in [-0.1, -0.05) is 36.4 Å². The number of hydrogen-bond donors (Lipinski definition) is 2. The summed E-state index contributed by atoms with van der Waals surface area (Å²) >= 11 is 0. The van der Waals surface area contributed by atoms with Crippen molar-refractivity contribution in [3.8, 4) is 11.5 Å². The van der Waals surface area contributed by atoms with E-state index < -0.39 is 33.7 Å². The molecule has 0 aliphatic rings. The zero-order valence-corrected chi connectivity index (χ0v) is 19.6. The summed E-state index contributed by atoms with van der Waals surface area (Å²) in [6, 6.07) is 15.3. The summed E-state index contributed by atoms with van der Waals surface area (Å²) < 4.78 is 78.0. The van der Waals surface area contributed by atoms with Crippen LogP contribution in [0.25, 0.3) is 0 Å². The Morgan fingerprint density at radius 1 is 0.914 bits per heavy atom. The Balaban J connectivity index is 1.90. The minimum Gasteiger partial charge on any atom is -0.493 e. The van der Waals surface area contributed by atoms with Gasteiger partial charge >= 0.3 is 6.18 Å². The van der Waals surface area contributed by atoms with E-state index in [4.69, 9.17) is 9.47 Å². The van der Waals surface area contributed by atoms with E-state index in [1.54, 1.807) is 30.3 Å². The molecule has 3 aromatic rings. The first-order chi connectivity index (χ1) is 16.5. The van der Waals surface area contributed by atoms with Gasteiger partial charge in [0.2, 0.25) is 15.9 Å². The van der Waals surface area contributed by atoms with Gasteiger partial charge in [-0.25, -0.2) is 8.42 Å². The third kappa shape index (κ3) is 6.74. The highest BCUT2D eigenvalue weighted by Gasteiger charge is 2.31. The number of nitrogens with one attached hydrogen (secondary N) is 2. The molecule has 0 bridgehead atoms. The van der Waals surface area contributed by atoms with Crippen LogP contribution in [0.5, 0.6) is 11.5 Å². The number of rotatable bonds is 9. The fourth-order valence-corrected chi connectivity index (χ4v) is 4.49. The topological polar surface area (TPSA) is 93.7 Å². The summed E-state index contributed by atoms with van der Waals surface area (Å²) in [5, 5.41) is 2.38. The second-order valence-corrected chi connectivity index (χ2v) is 9.16. The largest absolute Gasteiger partial charge is 0.493 e. The Hall–Kier alpha value is -3.57. The monoisotopic (exact) mass is 508 g/mol. The number of ether oxygens (including phenoxy) is 2. The van der Waals surface area contributed by atoms with Gasteiger partial charge in [-0.15, -0.1) is 0 Å². The van der Waals surface area contributed by atoms with Crippen molar-refractivity contribution in [1.82, 2.24) is 4.72 Å². The third-order valence-corrected chi connectivity index (χ3v) is 6.49. The van der Waals surface area contributed by atoms with E-state index in [1.807, 2.05) is 0 Å². The molecule has 0 aromatic heterocycles. The normalized spacial score (nSPS) is 12.6. The molecule has 3 rings (SSSR count). The van der Waals surface area contributed by atoms with Gasteiger partial charge in [0.1, 0.15) is 6.04 Å². The van der Waals surface area contributed by atoms with Crippen LogP contribution >= 0.6 is 0 Å². The summed E-state index contributed by atoms with van der Waals surface area (Å²) in [4.78, 5) is 12.9. The van der Waals surface area contributed by atoms with Gasteiger partial charge in [0.15, 0.2) is 11.5 Å². The summed E-state index contributed by atoms with van der Waals surface area (Å²) in [5.74, 6) is -0.338. The van der Waals surface area contributed by atoms with Gasteiger partial charge in [-0.2, -0.15) is 17.9 Å². The van der Waals surface area contributed by atoms with Crippen molar-refractivity contribution in [2.75, 3.05) is 19.5 Å². The molecule has 186 valence electrons. The number of methoxy groups -OCH3 is 2. The summed E-state index contributed by atoms with van der Waals surface area (Å²) in [7, 11) is -1.48. The summed E-state index contributed by atoms with van der Waals surface area (Å²) in [6.45, 7) is 0. The molecular formula is C24H23F3N2O5S. The molecule has 0 unspecified atom stereocenters. The second-order valence-electron chi connectivity index (χ2n) is 7.45. The van der Waals surface area contributed by atoms with Crippen LogP contribution in [0.4, 0.5) is 18.9 Å². The first-order valence-electron chi connectivity index (χ1n) is 10.3. The maximum atomic E-state index is 13.1. The second kappa shape index (κ2) is 10.8. The minimum absolute atomic E-state index is 0.0435. The SMILES string of the molecule is COc1ccc(S(=O)(=O)N[C@@H](Cc2ccccc2)C(=O)Nc2cccc(C(F)(F)F)c2)cc1OC. The molecule has 7 nitrogen and oxygen atoms in total. The maximum absolute atomic E-state index is 13.1. The minimum atomic E-state index is -4.60. The van der Waals surface area contributed by atoms with Crippen LogP contribution in [0.3, 0.4) is 0 Å². The van der Waals surface area contributed by atoms with Crippen molar-refractivity contribution < 1.29 is 35.9 Å². The van der Waals surface area contributed by atoms with Crippen LogP contribution in [0.15, 0.2) is 77.7 Å². The van der Waals surface area contributed by atoms with Crippen molar-refractivity contribution in [2.45, 2.75) is 23.5 Å². The van der Waals surface area contributed by atoms with Crippen LogP contribution in [0, 0.1) is 0 Å². The van der Waals surface area contributed by atoms with Crippen LogP contribution in [0.2, 0.25) is 0 Å². The van der Waals surface area contributed by atoms with Crippen molar-refractivity contribution in [2.24, 2.45) is 0 Å². The van der Waals surface area contributed by atoms with Crippen molar-refractivity contribution >= 4 is 21.6 Å². The first kappa shape index (κ1) is 26.0. The molecule has 0 radical (unpaired) electrons. The lowest BCUT2D eigenvalue weighted by Crippen LogP contribution is -2.45. The molecule has 11 heteroatoms. The highest BCUT2D eigenvalue weighted by Crippen LogP contribution is 2.31. The maximum Gasteiger partial charge on any atom is 0.416 e. The third-order valence-electron chi connectivity index (χ3n) is 5.02. The van der Waals surface area contributed by atoms with Gasteiger partial charge in [0, 0.05) is 11.8 Å². The Morgan fingerprint density at radius 3 is 2.23 bits per heavy atom. The van der Waals surface area contributed by atoms with Crippen LogP contribution in [-0.4, -0.2) is 34.6 Å². The Labute approximate surface area is 200 Å². The molecule has 3 aromatic carbocycles. The number of carbonyl (C=O) groups excluding carboxylic acids is 1. The Bertz CT molecular complexity index is 1280. The molecular weight excluding hydrogens is 485 g/mol. The molecule has 0 saturated carbocycles. The number of anilines is 1. The lowest BCUT2D eigenvalue weighted by atomic mass is 10.1. The molecule has 1 atom stereocenters. The number of halogens is 3. The van der Waals surface area contributed by atoms with Crippen molar-refractivity contribution in [1.29, 1.82) is 0 Å². The van der Waals surface area contributed by atoms with Gasteiger partial charge in [0.05, 0.1) is 24.7 Å². The van der Waals surface area contributed by atoms with E-state index in [0.717, 1.165) is 18.2 Å². The number of alkyl halides is 3. The smallest absolute Gasteiger partial charge is 0.416 e. The molecule has 0 spiro atoms.